The van der Waals surface area contributed by atoms with E-state index in [2.05, 4.69) is 17.4 Å². The lowest BCUT2D eigenvalue weighted by Crippen LogP contribution is -2.06. The van der Waals surface area contributed by atoms with E-state index < -0.39 is 0 Å². The average Bonchev–Trinajstić information content (AvgIpc) is 2.98. The zero-order valence-electron chi connectivity index (χ0n) is 12.5. The number of anilines is 1. The van der Waals surface area contributed by atoms with Crippen molar-refractivity contribution < 1.29 is 14.2 Å². The Morgan fingerprint density at radius 3 is 2.38 bits per heavy atom. The first-order chi connectivity index (χ1) is 10.3. The molecule has 1 atom stereocenters. The number of nitrogens with one attached hydrogen (secondary N) is 1. The molecule has 3 rings (SSSR count). The third kappa shape index (κ3) is 2.37. The molecule has 2 aromatic carbocycles. The molecule has 0 fully saturated rings. The molecule has 0 spiro atoms. The summed E-state index contributed by atoms with van der Waals surface area (Å²) in [6, 6.07) is 12.3. The second-order valence-electron chi connectivity index (χ2n) is 5.00. The number of hydrogen-bond donors (Lipinski definition) is 1. The van der Waals surface area contributed by atoms with Gasteiger partial charge in [-0.2, -0.15) is 0 Å². The first-order valence-electron chi connectivity index (χ1n) is 6.91. The maximum absolute atomic E-state index is 5.44. The van der Waals surface area contributed by atoms with E-state index in [0.717, 1.165) is 29.4 Å². The SMILES string of the molecule is COc1ccc(C2Cc3c(cccc3OC)N2)cc1OC. The van der Waals surface area contributed by atoms with Gasteiger partial charge in [0, 0.05) is 17.7 Å². The van der Waals surface area contributed by atoms with Gasteiger partial charge >= 0.3 is 0 Å². The Kier molecular flexibility index (Phi) is 3.60. The van der Waals surface area contributed by atoms with Crippen LogP contribution in [0.25, 0.3) is 0 Å². The van der Waals surface area contributed by atoms with Crippen LogP contribution < -0.4 is 19.5 Å². The fraction of sp³-hybridized carbons (Fsp3) is 0.294. The minimum atomic E-state index is 0.219. The molecule has 1 unspecified atom stereocenters. The van der Waals surface area contributed by atoms with Crippen molar-refractivity contribution in [2.45, 2.75) is 12.5 Å². The third-order valence-corrected chi connectivity index (χ3v) is 3.90. The van der Waals surface area contributed by atoms with E-state index in [0.29, 0.717) is 0 Å². The number of hydrogen-bond acceptors (Lipinski definition) is 4. The average molecular weight is 285 g/mol. The van der Waals surface area contributed by atoms with Gasteiger partial charge in [-0.1, -0.05) is 12.1 Å². The molecule has 0 radical (unpaired) electrons. The summed E-state index contributed by atoms with van der Waals surface area (Å²) in [5, 5.41) is 3.54. The largest absolute Gasteiger partial charge is 0.496 e. The Morgan fingerprint density at radius 1 is 0.905 bits per heavy atom. The Balaban J connectivity index is 1.91. The fourth-order valence-corrected chi connectivity index (χ4v) is 2.82. The van der Waals surface area contributed by atoms with Gasteiger partial charge in [-0.3, -0.25) is 0 Å². The Bertz CT molecular complexity index is 654. The molecule has 0 saturated carbocycles. The normalized spacial score (nSPS) is 16.0. The van der Waals surface area contributed by atoms with Crippen LogP contribution in [-0.2, 0) is 6.42 Å². The van der Waals surface area contributed by atoms with Crippen molar-refractivity contribution in [3.05, 3.63) is 47.5 Å². The van der Waals surface area contributed by atoms with Crippen molar-refractivity contribution in [1.82, 2.24) is 0 Å². The number of rotatable bonds is 4. The second kappa shape index (κ2) is 5.56. The molecule has 2 aromatic rings. The lowest BCUT2D eigenvalue weighted by molar-refractivity contribution is 0.354. The molecule has 21 heavy (non-hydrogen) atoms. The summed E-state index contributed by atoms with van der Waals surface area (Å²) in [5.41, 5.74) is 3.53. The van der Waals surface area contributed by atoms with Gasteiger partial charge < -0.3 is 19.5 Å². The van der Waals surface area contributed by atoms with E-state index in [4.69, 9.17) is 14.2 Å². The summed E-state index contributed by atoms with van der Waals surface area (Å²) in [5.74, 6) is 2.43. The zero-order valence-corrected chi connectivity index (χ0v) is 12.5. The summed E-state index contributed by atoms with van der Waals surface area (Å²) in [6.07, 6.45) is 0.898. The first kappa shape index (κ1) is 13.6. The fourth-order valence-electron chi connectivity index (χ4n) is 2.82. The van der Waals surface area contributed by atoms with Crippen LogP contribution in [0.1, 0.15) is 17.2 Å². The number of methoxy groups -OCH3 is 3. The summed E-state index contributed by atoms with van der Waals surface area (Å²) in [4.78, 5) is 0. The first-order valence-corrected chi connectivity index (χ1v) is 6.91. The quantitative estimate of drug-likeness (QED) is 0.934. The monoisotopic (exact) mass is 285 g/mol. The topological polar surface area (TPSA) is 39.7 Å². The van der Waals surface area contributed by atoms with Gasteiger partial charge in [0.2, 0.25) is 0 Å². The molecule has 0 aromatic heterocycles. The van der Waals surface area contributed by atoms with Gasteiger partial charge in [-0.25, -0.2) is 0 Å². The van der Waals surface area contributed by atoms with Crippen molar-refractivity contribution in [1.29, 1.82) is 0 Å². The van der Waals surface area contributed by atoms with Crippen LogP contribution in [0.15, 0.2) is 36.4 Å². The zero-order chi connectivity index (χ0) is 14.8. The van der Waals surface area contributed by atoms with Gasteiger partial charge in [0.05, 0.1) is 27.4 Å². The van der Waals surface area contributed by atoms with Crippen molar-refractivity contribution in [2.75, 3.05) is 26.6 Å². The van der Waals surface area contributed by atoms with Gasteiger partial charge in [-0.15, -0.1) is 0 Å². The smallest absolute Gasteiger partial charge is 0.161 e. The Hall–Kier alpha value is -2.36. The van der Waals surface area contributed by atoms with Crippen LogP contribution >= 0.6 is 0 Å². The van der Waals surface area contributed by atoms with Crippen molar-refractivity contribution in [3.8, 4) is 17.2 Å². The van der Waals surface area contributed by atoms with Crippen LogP contribution in [-0.4, -0.2) is 21.3 Å². The molecule has 0 amide bonds. The van der Waals surface area contributed by atoms with Gasteiger partial charge in [-0.05, 0) is 29.8 Å². The standard InChI is InChI=1S/C17H19NO3/c1-19-15-6-4-5-13-12(15)10-14(18-13)11-7-8-16(20-2)17(9-11)21-3/h4-9,14,18H,10H2,1-3H3. The number of ether oxygens (including phenoxy) is 3. The van der Waals surface area contributed by atoms with E-state index in [9.17, 15) is 0 Å². The summed E-state index contributed by atoms with van der Waals surface area (Å²) < 4.78 is 16.1. The molecule has 4 nitrogen and oxygen atoms in total. The minimum Gasteiger partial charge on any atom is -0.496 e. The molecule has 1 N–H and O–H groups in total. The van der Waals surface area contributed by atoms with E-state index in [1.807, 2.05) is 24.3 Å². The van der Waals surface area contributed by atoms with Gasteiger partial charge in [0.25, 0.3) is 0 Å². The molecule has 110 valence electrons. The van der Waals surface area contributed by atoms with Crippen molar-refractivity contribution in [2.24, 2.45) is 0 Å². The second-order valence-corrected chi connectivity index (χ2v) is 5.00. The highest BCUT2D eigenvalue weighted by atomic mass is 16.5. The molecule has 1 heterocycles. The summed E-state index contributed by atoms with van der Waals surface area (Å²) in [7, 11) is 5.01. The summed E-state index contributed by atoms with van der Waals surface area (Å²) in [6.45, 7) is 0. The van der Waals surface area contributed by atoms with E-state index in [1.54, 1.807) is 21.3 Å². The predicted octanol–water partition coefficient (Wildman–Crippen LogP) is 3.42. The molecule has 0 saturated heterocycles. The highest BCUT2D eigenvalue weighted by molar-refractivity contribution is 5.63. The number of fused-ring (bicyclic) bond motifs is 1. The Morgan fingerprint density at radius 2 is 1.67 bits per heavy atom. The predicted molar refractivity (Wildman–Crippen MR) is 82.6 cm³/mol. The molecular formula is C17H19NO3. The maximum atomic E-state index is 5.44. The lowest BCUT2D eigenvalue weighted by atomic mass is 10.0. The van der Waals surface area contributed by atoms with E-state index in [-0.39, 0.29) is 6.04 Å². The highest BCUT2D eigenvalue weighted by Gasteiger charge is 2.25. The molecule has 1 aliphatic heterocycles. The van der Waals surface area contributed by atoms with Crippen molar-refractivity contribution in [3.63, 3.8) is 0 Å². The molecule has 0 bridgehead atoms. The van der Waals surface area contributed by atoms with Crippen LogP contribution in [0.4, 0.5) is 5.69 Å². The van der Waals surface area contributed by atoms with Crippen molar-refractivity contribution >= 4 is 5.69 Å². The van der Waals surface area contributed by atoms with Gasteiger partial charge in [0.15, 0.2) is 11.5 Å². The Labute approximate surface area is 124 Å². The highest BCUT2D eigenvalue weighted by Crippen LogP contribution is 2.41. The van der Waals surface area contributed by atoms with Crippen LogP contribution in [0.2, 0.25) is 0 Å². The van der Waals surface area contributed by atoms with E-state index >= 15 is 0 Å². The van der Waals surface area contributed by atoms with Crippen LogP contribution in [0.5, 0.6) is 17.2 Å². The van der Waals surface area contributed by atoms with Crippen LogP contribution in [0.3, 0.4) is 0 Å². The maximum Gasteiger partial charge on any atom is 0.161 e. The third-order valence-electron chi connectivity index (χ3n) is 3.90. The van der Waals surface area contributed by atoms with Crippen LogP contribution in [0, 0.1) is 0 Å². The summed E-state index contributed by atoms with van der Waals surface area (Å²) >= 11 is 0. The molecule has 0 aliphatic carbocycles. The van der Waals surface area contributed by atoms with Gasteiger partial charge in [0.1, 0.15) is 5.75 Å². The molecular weight excluding hydrogens is 266 g/mol. The number of benzene rings is 2. The molecule has 4 heteroatoms. The minimum absolute atomic E-state index is 0.219. The molecule has 1 aliphatic rings. The lowest BCUT2D eigenvalue weighted by Gasteiger charge is -2.14. The van der Waals surface area contributed by atoms with E-state index in [1.165, 1.54) is 11.1 Å².